The second-order valence-electron chi connectivity index (χ2n) is 22.1. The van der Waals surface area contributed by atoms with Crippen molar-refractivity contribution in [1.82, 2.24) is 39.4 Å². The fraction of sp³-hybridized carbons (Fsp3) is 0.467. The topological polar surface area (TPSA) is 150 Å². The van der Waals surface area contributed by atoms with Crippen LogP contribution in [0.3, 0.4) is 0 Å². The van der Waals surface area contributed by atoms with Crippen molar-refractivity contribution >= 4 is 52.7 Å². The Labute approximate surface area is 462 Å². The van der Waals surface area contributed by atoms with E-state index in [4.69, 9.17) is 37.7 Å². The number of halogens is 2. The molecule has 5 amide bonds. The average Bonchev–Trinajstić information content (AvgIpc) is 4.17. The summed E-state index contributed by atoms with van der Waals surface area (Å²) in [6.45, 7) is 8.26. The Morgan fingerprint density at radius 1 is 0.818 bits per heavy atom. The molecule has 5 aromatic rings. The smallest absolute Gasteiger partial charge is 0.247 e. The highest BCUT2D eigenvalue weighted by atomic mass is 35.5. The number of nitrogens with zero attached hydrogens (tertiary/aromatic N) is 7. The number of amides is 5. The largest absolute Gasteiger partial charge is 0.457 e. The van der Waals surface area contributed by atoms with Crippen LogP contribution in [0, 0.1) is 5.92 Å². The fourth-order valence-corrected chi connectivity index (χ4v) is 12.0. The molecule has 0 spiro atoms. The number of aromatic nitrogens is 2. The molecule has 5 atom stereocenters. The number of hydrogen-bond acceptors (Lipinski definition) is 9. The molecule has 4 heterocycles. The van der Waals surface area contributed by atoms with Crippen molar-refractivity contribution in [2.75, 3.05) is 60.5 Å². The lowest BCUT2D eigenvalue weighted by Crippen LogP contribution is -2.59. The van der Waals surface area contributed by atoms with E-state index in [0.29, 0.717) is 53.0 Å². The van der Waals surface area contributed by atoms with Gasteiger partial charge in [0.15, 0.2) is 0 Å². The summed E-state index contributed by atoms with van der Waals surface area (Å²) in [6, 6.07) is 25.3. The molecule has 0 unspecified atom stereocenters. The lowest BCUT2D eigenvalue weighted by atomic mass is 9.80. The monoisotopic (exact) mass is 1090 g/mol. The van der Waals surface area contributed by atoms with Crippen LogP contribution < -0.4 is 10.1 Å². The van der Waals surface area contributed by atoms with Gasteiger partial charge in [-0.05, 0) is 128 Å². The van der Waals surface area contributed by atoms with Crippen LogP contribution in [0.2, 0.25) is 10.0 Å². The summed E-state index contributed by atoms with van der Waals surface area (Å²) < 4.78 is 14.4. The van der Waals surface area contributed by atoms with Crippen LogP contribution >= 0.6 is 23.2 Å². The molecule has 4 aromatic carbocycles. The molecule has 4 aliphatic rings. The van der Waals surface area contributed by atoms with Gasteiger partial charge >= 0.3 is 0 Å². The number of benzene rings is 4. The van der Waals surface area contributed by atoms with Crippen molar-refractivity contribution in [2.24, 2.45) is 13.0 Å². The molecule has 3 fully saturated rings. The maximum absolute atomic E-state index is 15.9. The molecule has 408 valence electrons. The second kappa shape index (κ2) is 24.2. The van der Waals surface area contributed by atoms with E-state index in [9.17, 15) is 9.59 Å². The first-order chi connectivity index (χ1) is 37.0. The third kappa shape index (κ3) is 12.7. The molecule has 0 bridgehead atoms. The highest BCUT2D eigenvalue weighted by Gasteiger charge is 2.46. The lowest BCUT2D eigenvalue weighted by molar-refractivity contribution is -0.149. The van der Waals surface area contributed by atoms with E-state index < -0.39 is 41.8 Å². The van der Waals surface area contributed by atoms with E-state index in [2.05, 4.69) is 34.7 Å². The Morgan fingerprint density at radius 2 is 1.53 bits per heavy atom. The Morgan fingerprint density at radius 3 is 2.23 bits per heavy atom. The van der Waals surface area contributed by atoms with Gasteiger partial charge in [-0.25, -0.2) is 4.98 Å². The van der Waals surface area contributed by atoms with Crippen LogP contribution in [0.5, 0.6) is 11.5 Å². The first kappa shape index (κ1) is 55.5. The highest BCUT2D eigenvalue weighted by molar-refractivity contribution is 6.31. The van der Waals surface area contributed by atoms with Crippen molar-refractivity contribution in [2.45, 2.75) is 108 Å². The van der Waals surface area contributed by atoms with Gasteiger partial charge in [0.05, 0.1) is 43.5 Å². The van der Waals surface area contributed by atoms with Crippen molar-refractivity contribution < 1.29 is 33.4 Å². The van der Waals surface area contributed by atoms with Crippen molar-refractivity contribution in [3.8, 4) is 22.8 Å². The number of rotatable bonds is 15. The minimum Gasteiger partial charge on any atom is -0.457 e. The van der Waals surface area contributed by atoms with E-state index in [0.717, 1.165) is 59.8 Å². The maximum atomic E-state index is 15.9. The number of nitrogens with one attached hydrogen (secondary N) is 1. The van der Waals surface area contributed by atoms with Gasteiger partial charge in [-0.2, -0.15) is 0 Å². The Balaban J connectivity index is 1.10. The van der Waals surface area contributed by atoms with Crippen LogP contribution in [0.1, 0.15) is 92.8 Å². The number of carbonyl (C=O) groups is 5. The van der Waals surface area contributed by atoms with Gasteiger partial charge < -0.3 is 39.0 Å². The zero-order valence-electron chi connectivity index (χ0n) is 45.2. The molecule has 1 N–H and O–H groups in total. The van der Waals surface area contributed by atoms with Gasteiger partial charge in [-0.1, -0.05) is 79.5 Å². The number of likely N-dealkylation sites (tertiary alicyclic amines) is 2. The SMILES string of the molecule is COC[C@@H]1NC(=O)[C@H](CCC(=O)N2CCC2)N(Cc2ccc(Cl)cc2Oc2ccc(-c3cnc(CN4CCCC4)n3C)cc2)C(=O)C[C@@H]([C@H]2CC(C)(C)c3ccccc32)C(=O)N(C)C[C@@H](Cc2ccc(Cl)cc2)N(C)C1=O. The summed E-state index contributed by atoms with van der Waals surface area (Å²) in [5.74, 6) is -1.34. The molecule has 17 heteroatoms. The van der Waals surface area contributed by atoms with Gasteiger partial charge in [0.2, 0.25) is 29.5 Å². The van der Waals surface area contributed by atoms with Crippen LogP contribution in [0.4, 0.5) is 0 Å². The van der Waals surface area contributed by atoms with Crippen molar-refractivity contribution in [3.05, 3.63) is 135 Å². The quantitative estimate of drug-likeness (QED) is 0.109. The standard InChI is InChI=1S/C60H72Cl2N8O7/c1-60(2)33-48(46-12-7-8-13-49(46)60)47-32-56(72)70(35-41-16-21-43(62)31-53(41)77-45-22-17-40(18-23-45)52-34-63-54(67(52)5)37-68-26-9-10-27-68)51(24-25-55(71)69-28-11-29-69)57(73)64-50(38-76-6)59(75)66(4)44(36-65(3)58(47)74)30-39-14-19-42(61)20-15-39/h7-8,12-23,31,34,44,47-48,50-51H,9-11,24-30,32-33,35-38H2,1-6H3,(H,64,73)/t44-,47+,48+,50+,51+/m1/s1. The Bertz CT molecular complexity index is 2940. The van der Waals surface area contributed by atoms with Gasteiger partial charge in [-0.3, -0.25) is 28.9 Å². The number of fused-ring (bicyclic) bond motifs is 1. The molecular weight excluding hydrogens is 1020 g/mol. The van der Waals surface area contributed by atoms with Crippen LogP contribution in [0.25, 0.3) is 11.3 Å². The molecular formula is C60H72Cl2N8O7. The number of likely N-dealkylation sites (N-methyl/N-ethyl adjacent to an activating group) is 2. The first-order valence-corrected chi connectivity index (χ1v) is 27.7. The molecule has 1 aromatic heterocycles. The van der Waals surface area contributed by atoms with E-state index in [-0.39, 0.29) is 62.1 Å². The third-order valence-electron chi connectivity index (χ3n) is 16.3. The predicted molar refractivity (Wildman–Crippen MR) is 298 cm³/mol. The summed E-state index contributed by atoms with van der Waals surface area (Å²) in [6.07, 6.45) is 5.78. The first-order valence-electron chi connectivity index (χ1n) is 27.0. The highest BCUT2D eigenvalue weighted by Crippen LogP contribution is 2.50. The summed E-state index contributed by atoms with van der Waals surface area (Å²) in [5, 5.41) is 3.95. The van der Waals surface area contributed by atoms with Gasteiger partial charge in [-0.15, -0.1) is 0 Å². The van der Waals surface area contributed by atoms with Crippen molar-refractivity contribution in [1.29, 1.82) is 0 Å². The molecule has 0 saturated carbocycles. The molecule has 77 heavy (non-hydrogen) atoms. The summed E-state index contributed by atoms with van der Waals surface area (Å²) in [7, 11) is 6.89. The Kier molecular flexibility index (Phi) is 17.4. The van der Waals surface area contributed by atoms with Crippen LogP contribution in [0.15, 0.2) is 97.2 Å². The van der Waals surface area contributed by atoms with E-state index >= 15 is 14.4 Å². The predicted octanol–water partition coefficient (Wildman–Crippen LogP) is 8.64. The van der Waals surface area contributed by atoms with E-state index in [1.165, 1.54) is 24.9 Å². The minimum absolute atomic E-state index is 0.0458. The average molecular weight is 1090 g/mol. The van der Waals surface area contributed by atoms with Gasteiger partial charge in [0.25, 0.3) is 0 Å². The zero-order chi connectivity index (χ0) is 54.5. The molecule has 15 nitrogen and oxygen atoms in total. The van der Waals surface area contributed by atoms with E-state index in [1.807, 2.05) is 67.8 Å². The van der Waals surface area contributed by atoms with Crippen LogP contribution in [-0.4, -0.2) is 142 Å². The third-order valence-corrected chi connectivity index (χ3v) is 16.8. The number of ether oxygens (including phenoxy) is 2. The maximum Gasteiger partial charge on any atom is 0.247 e. The fourth-order valence-electron chi connectivity index (χ4n) is 11.8. The van der Waals surface area contributed by atoms with Crippen LogP contribution in [-0.2, 0) is 60.7 Å². The second-order valence-corrected chi connectivity index (χ2v) is 22.9. The summed E-state index contributed by atoms with van der Waals surface area (Å²) >= 11 is 13.0. The lowest BCUT2D eigenvalue weighted by Gasteiger charge is -2.39. The number of imidazole rings is 1. The summed E-state index contributed by atoms with van der Waals surface area (Å²) in [4.78, 5) is 89.0. The van der Waals surface area contributed by atoms with Crippen molar-refractivity contribution in [3.63, 3.8) is 0 Å². The molecule has 0 radical (unpaired) electrons. The summed E-state index contributed by atoms with van der Waals surface area (Å²) in [5.41, 5.74) is 5.14. The van der Waals surface area contributed by atoms with Gasteiger partial charge in [0.1, 0.15) is 29.4 Å². The Hall–Kier alpha value is -6.26. The molecule has 3 saturated heterocycles. The van der Waals surface area contributed by atoms with E-state index in [1.54, 1.807) is 59.1 Å². The normalized spacial score (nSPS) is 22.5. The number of methoxy groups -OCH3 is 1. The molecule has 9 rings (SSSR count). The number of hydrogen-bond donors (Lipinski definition) is 1. The zero-order valence-corrected chi connectivity index (χ0v) is 46.7. The van der Waals surface area contributed by atoms with Gasteiger partial charge in [0, 0.05) is 81.9 Å². The molecule has 1 aliphatic carbocycles. The molecule has 3 aliphatic heterocycles. The minimum atomic E-state index is -1.28. The number of carbonyl (C=O) groups excluding carboxylic acids is 5.